The molecule has 0 saturated heterocycles. The van der Waals surface area contributed by atoms with Gasteiger partial charge in [-0.3, -0.25) is 9.59 Å². The van der Waals surface area contributed by atoms with Gasteiger partial charge in [0.15, 0.2) is 5.58 Å². The monoisotopic (exact) mass is 483 g/mol. The number of anilines is 1. The maximum atomic E-state index is 12.6. The van der Waals surface area contributed by atoms with Crippen LogP contribution in [0, 0.1) is 12.8 Å². The minimum Gasteiger partial charge on any atom is -0.481 e. The van der Waals surface area contributed by atoms with Crippen molar-refractivity contribution in [3.05, 3.63) is 58.4 Å². The van der Waals surface area contributed by atoms with Crippen LogP contribution in [-0.4, -0.2) is 40.5 Å². The van der Waals surface area contributed by atoms with Gasteiger partial charge in [-0.25, -0.2) is 4.98 Å². The Bertz CT molecular complexity index is 1170. The van der Waals surface area contributed by atoms with Gasteiger partial charge in [-0.05, 0) is 62.1 Å². The molecule has 180 valence electrons. The maximum Gasteiger partial charge on any atom is 0.305 e. The zero-order chi connectivity index (χ0) is 24.2. The third kappa shape index (κ3) is 5.36. The summed E-state index contributed by atoms with van der Waals surface area (Å²) in [5, 5.41) is 13.0. The fourth-order valence-corrected chi connectivity index (χ4v) is 4.87. The first-order valence-corrected chi connectivity index (χ1v) is 12.1. The second-order valence-corrected chi connectivity index (χ2v) is 9.43. The molecule has 7 nitrogen and oxygen atoms in total. The van der Waals surface area contributed by atoms with E-state index in [2.05, 4.69) is 10.3 Å². The molecule has 2 N–H and O–H groups in total. The number of carbonyl (C=O) groups is 2. The van der Waals surface area contributed by atoms with E-state index in [1.807, 2.05) is 25.1 Å². The molecule has 1 saturated carbocycles. The van der Waals surface area contributed by atoms with Gasteiger partial charge in [-0.2, -0.15) is 0 Å². The number of aliphatic carboxylic acids is 1. The van der Waals surface area contributed by atoms with E-state index in [-0.39, 0.29) is 24.9 Å². The molecule has 34 heavy (non-hydrogen) atoms. The highest BCUT2D eigenvalue weighted by Crippen LogP contribution is 2.40. The van der Waals surface area contributed by atoms with E-state index >= 15 is 0 Å². The van der Waals surface area contributed by atoms with Crippen LogP contribution in [-0.2, 0) is 4.79 Å². The van der Waals surface area contributed by atoms with E-state index in [4.69, 9.17) is 21.1 Å². The molecule has 1 aromatic carbocycles. The topological polar surface area (TPSA) is 95.7 Å². The van der Waals surface area contributed by atoms with Crippen molar-refractivity contribution >= 4 is 40.3 Å². The summed E-state index contributed by atoms with van der Waals surface area (Å²) in [6.45, 7) is 2.19. The largest absolute Gasteiger partial charge is 0.481 e. The molecule has 1 fully saturated rings. The summed E-state index contributed by atoms with van der Waals surface area (Å²) in [6.07, 6.45) is 5.80. The van der Waals surface area contributed by atoms with Crippen LogP contribution in [0.15, 0.2) is 40.8 Å². The second kappa shape index (κ2) is 10.5. The third-order valence-electron chi connectivity index (χ3n) is 6.63. The molecule has 0 bridgehead atoms. The van der Waals surface area contributed by atoms with Gasteiger partial charge in [0.05, 0.1) is 12.5 Å². The number of furan rings is 1. The lowest BCUT2D eigenvalue weighted by molar-refractivity contribution is -0.137. The van der Waals surface area contributed by atoms with Gasteiger partial charge in [-0.1, -0.05) is 30.9 Å². The highest BCUT2D eigenvalue weighted by Gasteiger charge is 2.30. The molecule has 0 radical (unpaired) electrons. The number of carbonyl (C=O) groups excluding carboxylic acids is 1. The molecule has 8 heteroatoms. The molecule has 1 aliphatic rings. The van der Waals surface area contributed by atoms with Gasteiger partial charge >= 0.3 is 5.97 Å². The number of carboxylic acids is 1. The van der Waals surface area contributed by atoms with Gasteiger partial charge in [-0.15, -0.1) is 0 Å². The number of hydrogen-bond acceptors (Lipinski definition) is 5. The zero-order valence-electron chi connectivity index (χ0n) is 19.5. The smallest absolute Gasteiger partial charge is 0.305 e. The van der Waals surface area contributed by atoms with Crippen molar-refractivity contribution < 1.29 is 19.1 Å². The van der Waals surface area contributed by atoms with Crippen LogP contribution < -0.4 is 5.32 Å². The molecular formula is C26H30ClN3O4. The highest BCUT2D eigenvalue weighted by molar-refractivity contribution is 6.29. The Hall–Kier alpha value is -3.06. The molecule has 1 amide bonds. The lowest BCUT2D eigenvalue weighted by atomic mass is 9.82. The predicted molar refractivity (Wildman–Crippen MR) is 132 cm³/mol. The van der Waals surface area contributed by atoms with Crippen molar-refractivity contribution in [3.8, 4) is 0 Å². The first kappa shape index (κ1) is 24.1. The average molecular weight is 484 g/mol. The van der Waals surface area contributed by atoms with Crippen LogP contribution in [0.5, 0.6) is 0 Å². The minimum atomic E-state index is -0.925. The Balaban J connectivity index is 1.57. The zero-order valence-corrected chi connectivity index (χ0v) is 20.3. The Morgan fingerprint density at radius 3 is 2.56 bits per heavy atom. The molecule has 1 unspecified atom stereocenters. The van der Waals surface area contributed by atoms with Crippen molar-refractivity contribution in [2.75, 3.05) is 18.9 Å². The summed E-state index contributed by atoms with van der Waals surface area (Å²) in [5.74, 6) is 0.177. The number of amides is 1. The van der Waals surface area contributed by atoms with E-state index in [0.29, 0.717) is 16.6 Å². The number of aryl methyl sites for hydroxylation is 1. The summed E-state index contributed by atoms with van der Waals surface area (Å²) >= 11 is 6.13. The number of carboxylic acid groups (broad SMARTS) is 1. The number of pyridine rings is 1. The summed E-state index contributed by atoms with van der Waals surface area (Å²) in [5.41, 5.74) is 3.92. The number of rotatable bonds is 8. The van der Waals surface area contributed by atoms with Crippen molar-refractivity contribution in [2.45, 2.75) is 51.5 Å². The molecule has 2 aromatic heterocycles. The van der Waals surface area contributed by atoms with Crippen LogP contribution in [0.3, 0.4) is 0 Å². The van der Waals surface area contributed by atoms with Crippen molar-refractivity contribution in [1.82, 2.24) is 9.88 Å². The molecule has 2 heterocycles. The van der Waals surface area contributed by atoms with Crippen LogP contribution >= 0.6 is 11.6 Å². The van der Waals surface area contributed by atoms with Gasteiger partial charge in [0.2, 0.25) is 0 Å². The van der Waals surface area contributed by atoms with Crippen molar-refractivity contribution in [1.29, 1.82) is 0 Å². The van der Waals surface area contributed by atoms with Gasteiger partial charge in [0.25, 0.3) is 5.91 Å². The molecule has 1 aliphatic carbocycles. The van der Waals surface area contributed by atoms with E-state index in [0.717, 1.165) is 41.0 Å². The summed E-state index contributed by atoms with van der Waals surface area (Å²) < 4.78 is 6.29. The van der Waals surface area contributed by atoms with E-state index < -0.39 is 5.97 Å². The van der Waals surface area contributed by atoms with Gasteiger partial charge in [0.1, 0.15) is 16.4 Å². The van der Waals surface area contributed by atoms with E-state index in [1.54, 1.807) is 25.2 Å². The maximum absolute atomic E-state index is 12.6. The normalized spacial score (nSPS) is 15.3. The summed E-state index contributed by atoms with van der Waals surface area (Å²) in [6, 6.07) is 10.9. The second-order valence-electron chi connectivity index (χ2n) is 9.04. The van der Waals surface area contributed by atoms with Crippen LogP contribution in [0.25, 0.3) is 11.1 Å². The quantitative estimate of drug-likeness (QED) is 0.377. The average Bonchev–Trinajstić information content (AvgIpc) is 3.16. The Morgan fingerprint density at radius 2 is 1.88 bits per heavy atom. The van der Waals surface area contributed by atoms with Crippen molar-refractivity contribution in [2.24, 2.45) is 5.92 Å². The number of nitrogens with one attached hydrogen (secondary N) is 1. The standard InChI is InChI=1S/C26H30ClN3O4/c1-16-23-20(12-13-21(27)29-23)34-25(16)24(17-6-4-3-5-7-17)28-19-10-8-18(9-11-19)26(33)30(2)15-14-22(31)32/h8-13,17,24,28H,3-7,14-15H2,1-2H3,(H,31,32). The minimum absolute atomic E-state index is 0.0203. The first-order valence-electron chi connectivity index (χ1n) is 11.7. The molecule has 3 aromatic rings. The van der Waals surface area contributed by atoms with Gasteiger partial charge in [0, 0.05) is 30.4 Å². The van der Waals surface area contributed by atoms with Crippen LogP contribution in [0.4, 0.5) is 5.69 Å². The third-order valence-corrected chi connectivity index (χ3v) is 6.84. The predicted octanol–water partition coefficient (Wildman–Crippen LogP) is 6.07. The van der Waals surface area contributed by atoms with Crippen LogP contribution in [0.1, 0.15) is 66.2 Å². The lowest BCUT2D eigenvalue weighted by Crippen LogP contribution is -2.29. The number of hydrogen-bond donors (Lipinski definition) is 2. The fourth-order valence-electron chi connectivity index (χ4n) is 4.72. The molecular weight excluding hydrogens is 454 g/mol. The number of halogens is 1. The number of aromatic nitrogens is 1. The number of benzene rings is 1. The molecule has 0 spiro atoms. The summed E-state index contributed by atoms with van der Waals surface area (Å²) in [7, 11) is 1.61. The first-order chi connectivity index (χ1) is 16.3. The Kier molecular flexibility index (Phi) is 7.41. The highest BCUT2D eigenvalue weighted by atomic mass is 35.5. The lowest BCUT2D eigenvalue weighted by Gasteiger charge is -2.31. The summed E-state index contributed by atoms with van der Waals surface area (Å²) in [4.78, 5) is 29.3. The van der Waals surface area contributed by atoms with Crippen LogP contribution in [0.2, 0.25) is 5.15 Å². The van der Waals surface area contributed by atoms with E-state index in [9.17, 15) is 9.59 Å². The van der Waals surface area contributed by atoms with E-state index in [1.165, 1.54) is 24.2 Å². The van der Waals surface area contributed by atoms with Crippen molar-refractivity contribution in [3.63, 3.8) is 0 Å². The SMILES string of the molecule is Cc1c(C(Nc2ccc(C(=O)N(C)CCC(=O)O)cc2)C2CCCCC2)oc2ccc(Cl)nc12. The molecule has 4 rings (SSSR count). The number of fused-ring (bicyclic) bond motifs is 1. The molecule has 1 atom stereocenters. The fraction of sp³-hybridized carbons (Fsp3) is 0.423. The van der Waals surface area contributed by atoms with Gasteiger partial charge < -0.3 is 19.7 Å². The molecule has 0 aliphatic heterocycles. The Morgan fingerprint density at radius 1 is 1.18 bits per heavy atom. The number of nitrogens with zero attached hydrogens (tertiary/aromatic N) is 2. The Labute approximate surface area is 204 Å².